The highest BCUT2D eigenvalue weighted by atomic mass is 16.6. The van der Waals surface area contributed by atoms with Crippen molar-refractivity contribution in [2.45, 2.75) is 51.6 Å². The van der Waals surface area contributed by atoms with Crippen LogP contribution in [-0.4, -0.2) is 29.2 Å². The first-order valence-corrected chi connectivity index (χ1v) is 5.08. The van der Waals surface area contributed by atoms with Gasteiger partial charge in [-0.25, -0.2) is 4.79 Å². The van der Waals surface area contributed by atoms with E-state index >= 15 is 0 Å². The number of rotatable bonds is 1. The van der Waals surface area contributed by atoms with Crippen LogP contribution in [0.15, 0.2) is 0 Å². The summed E-state index contributed by atoms with van der Waals surface area (Å²) >= 11 is 0. The number of hydrogen-bond donors (Lipinski definition) is 0. The fourth-order valence-electron chi connectivity index (χ4n) is 1.53. The van der Waals surface area contributed by atoms with Crippen LogP contribution >= 0.6 is 0 Å². The minimum atomic E-state index is -2.02. The lowest BCUT2D eigenvalue weighted by Gasteiger charge is -2.27. The van der Waals surface area contributed by atoms with Crippen LogP contribution in [0.3, 0.4) is 0 Å². The van der Waals surface area contributed by atoms with Gasteiger partial charge in [0, 0.05) is 15.3 Å². The van der Waals surface area contributed by atoms with Gasteiger partial charge in [0.2, 0.25) is 0 Å². The monoisotopic (exact) mass is 212 g/mol. The maximum absolute atomic E-state index is 11.9. The van der Waals surface area contributed by atoms with Crippen LogP contribution in [0.1, 0.15) is 42.7 Å². The summed E-state index contributed by atoms with van der Waals surface area (Å²) in [6, 6.07) is 0.909. The Morgan fingerprint density at radius 3 is 2.93 bits per heavy atom. The van der Waals surface area contributed by atoms with Crippen LogP contribution in [0.2, 0.25) is 0 Å². The molecule has 0 aromatic carbocycles. The topological polar surface area (TPSA) is 53.3 Å². The van der Waals surface area contributed by atoms with Crippen molar-refractivity contribution in [3.8, 4) is 6.07 Å². The average Bonchev–Trinajstić information content (AvgIpc) is 2.63. The zero-order chi connectivity index (χ0) is 13.3. The van der Waals surface area contributed by atoms with Crippen molar-refractivity contribution in [2.75, 3.05) is 6.54 Å². The third kappa shape index (κ3) is 3.43. The Balaban J connectivity index is 2.78. The van der Waals surface area contributed by atoms with Crippen LogP contribution in [0.5, 0.6) is 0 Å². The molecule has 4 nitrogen and oxygen atoms in total. The van der Waals surface area contributed by atoms with Crippen molar-refractivity contribution in [1.29, 1.82) is 5.26 Å². The van der Waals surface area contributed by atoms with E-state index in [1.807, 2.05) is 0 Å². The highest BCUT2D eigenvalue weighted by molar-refractivity contribution is 5.69. The molecule has 0 unspecified atom stereocenters. The molecule has 84 valence electrons. The number of nitriles is 1. The maximum atomic E-state index is 11.9. The summed E-state index contributed by atoms with van der Waals surface area (Å²) in [6.45, 7) is 5.72. The lowest BCUT2D eigenvalue weighted by molar-refractivity contribution is 0.0229. The van der Waals surface area contributed by atoms with Crippen molar-refractivity contribution in [2.24, 2.45) is 0 Å². The molecular weight excluding hydrogens is 192 g/mol. The van der Waals surface area contributed by atoms with Crippen molar-refractivity contribution >= 4 is 6.09 Å². The van der Waals surface area contributed by atoms with Gasteiger partial charge in [0.25, 0.3) is 0 Å². The van der Waals surface area contributed by atoms with Crippen molar-refractivity contribution < 1.29 is 12.3 Å². The van der Waals surface area contributed by atoms with Crippen LogP contribution in [-0.2, 0) is 4.74 Å². The van der Waals surface area contributed by atoms with Gasteiger partial charge < -0.3 is 9.64 Å². The summed E-state index contributed by atoms with van der Waals surface area (Å²) in [5.74, 6) is 0. The van der Waals surface area contributed by atoms with Crippen LogP contribution in [0, 0.1) is 11.3 Å². The van der Waals surface area contributed by atoms with E-state index in [4.69, 9.17) is 12.7 Å². The molecule has 0 spiro atoms. The highest BCUT2D eigenvalue weighted by Gasteiger charge is 2.31. The van der Waals surface area contributed by atoms with E-state index in [1.165, 1.54) is 4.90 Å². The first-order chi connectivity index (χ1) is 7.67. The van der Waals surface area contributed by atoms with Gasteiger partial charge in [0.05, 0.1) is 12.4 Å². The zero-order valence-electron chi connectivity index (χ0n) is 11.4. The van der Waals surface area contributed by atoms with Gasteiger partial charge in [0.15, 0.2) is 0 Å². The normalized spacial score (nSPS) is 24.1. The Bertz CT molecular complexity index is 344. The van der Waals surface area contributed by atoms with E-state index in [0.717, 1.165) is 0 Å². The molecular formula is C11H18N2O2. The Morgan fingerprint density at radius 2 is 2.40 bits per heavy atom. The predicted octanol–water partition coefficient (Wildman–Crippen LogP) is 2.30. The number of hydrogen-bond acceptors (Lipinski definition) is 3. The second kappa shape index (κ2) is 4.52. The van der Waals surface area contributed by atoms with Crippen LogP contribution in [0.4, 0.5) is 4.79 Å². The molecule has 4 heteroatoms. The van der Waals surface area contributed by atoms with Crippen molar-refractivity contribution in [3.63, 3.8) is 0 Å². The summed E-state index contributed by atoms with van der Waals surface area (Å²) in [6.07, 6.45) is -1.36. The fraction of sp³-hybridized carbons (Fsp3) is 0.818. The molecule has 1 atom stereocenters. The summed E-state index contributed by atoms with van der Waals surface area (Å²) in [7, 11) is 0. The largest absolute Gasteiger partial charge is 0.444 e. The molecule has 0 aromatic rings. The van der Waals surface area contributed by atoms with E-state index < -0.39 is 24.1 Å². The molecule has 1 fully saturated rings. The number of carbonyl (C=O) groups excluding carboxylic acids is 1. The molecule has 0 aromatic heterocycles. The number of nitrogens with zero attached hydrogens (tertiary/aromatic N) is 2. The lowest BCUT2D eigenvalue weighted by atomic mass is 10.2. The Kier molecular flexibility index (Phi) is 2.72. The third-order valence-electron chi connectivity index (χ3n) is 2.11. The summed E-state index contributed by atoms with van der Waals surface area (Å²) in [5, 5.41) is 8.78. The second-order valence-electron chi connectivity index (χ2n) is 4.59. The third-order valence-corrected chi connectivity index (χ3v) is 2.11. The Morgan fingerprint density at radius 1 is 1.73 bits per heavy atom. The lowest BCUT2D eigenvalue weighted by Crippen LogP contribution is -2.39. The number of likely N-dealkylation sites (tertiary alicyclic amines) is 1. The molecule has 1 aliphatic heterocycles. The van der Waals surface area contributed by atoms with E-state index in [9.17, 15) is 4.79 Å². The van der Waals surface area contributed by atoms with Crippen molar-refractivity contribution in [3.05, 3.63) is 0 Å². The molecule has 1 amide bonds. The van der Waals surface area contributed by atoms with Gasteiger partial charge in [-0.2, -0.15) is 5.26 Å². The molecule has 15 heavy (non-hydrogen) atoms. The quantitative estimate of drug-likeness (QED) is 0.670. The van der Waals surface area contributed by atoms with E-state index in [0.29, 0.717) is 19.4 Å². The van der Waals surface area contributed by atoms with E-state index in [-0.39, 0.29) is 0 Å². The smallest absolute Gasteiger partial charge is 0.410 e. The number of carbonyl (C=O) groups is 1. The van der Waals surface area contributed by atoms with Gasteiger partial charge >= 0.3 is 6.09 Å². The summed E-state index contributed by atoms with van der Waals surface area (Å²) in [4.78, 5) is 13.2. The Hall–Kier alpha value is -1.24. The fourth-order valence-corrected chi connectivity index (χ4v) is 1.53. The number of ether oxygens (including phenoxy) is 1. The van der Waals surface area contributed by atoms with Gasteiger partial charge in [-0.05, 0) is 33.6 Å². The second-order valence-corrected chi connectivity index (χ2v) is 4.59. The standard InChI is InChI=1S/C11H18N2O2/c1-11(2,3)15-10(14)13-8-4-5-9(13)6-7-12/h9H,4-6,8H2,1-3H3/t9-/m1/s1/i6D2. The number of amides is 1. The SMILES string of the molecule is [2H]C([2H])(C#N)[C@H]1CCCN1C(=O)OC(C)(C)C. The predicted molar refractivity (Wildman–Crippen MR) is 56.2 cm³/mol. The summed E-state index contributed by atoms with van der Waals surface area (Å²) in [5.41, 5.74) is -0.608. The van der Waals surface area contributed by atoms with Gasteiger partial charge in [0.1, 0.15) is 5.60 Å². The Labute approximate surface area is 93.6 Å². The minimum Gasteiger partial charge on any atom is -0.444 e. The first-order valence-electron chi connectivity index (χ1n) is 6.08. The molecule has 0 N–H and O–H groups in total. The minimum absolute atomic E-state index is 0.445. The molecule has 1 rings (SSSR count). The van der Waals surface area contributed by atoms with Gasteiger partial charge in [-0.15, -0.1) is 0 Å². The van der Waals surface area contributed by atoms with E-state index in [1.54, 1.807) is 26.8 Å². The van der Waals surface area contributed by atoms with Gasteiger partial charge in [-0.1, -0.05) is 0 Å². The highest BCUT2D eigenvalue weighted by Crippen LogP contribution is 2.22. The molecule has 0 saturated carbocycles. The van der Waals surface area contributed by atoms with Crippen LogP contribution in [0.25, 0.3) is 0 Å². The van der Waals surface area contributed by atoms with Crippen LogP contribution < -0.4 is 0 Å². The molecule has 0 radical (unpaired) electrons. The first kappa shape index (κ1) is 9.02. The zero-order valence-corrected chi connectivity index (χ0v) is 9.41. The molecule has 0 aliphatic carbocycles. The van der Waals surface area contributed by atoms with E-state index in [2.05, 4.69) is 0 Å². The molecule has 1 saturated heterocycles. The molecule has 1 aliphatic rings. The average molecular weight is 212 g/mol. The maximum Gasteiger partial charge on any atom is 0.410 e. The van der Waals surface area contributed by atoms with Crippen molar-refractivity contribution in [1.82, 2.24) is 4.90 Å². The molecule has 1 heterocycles. The summed E-state index contributed by atoms with van der Waals surface area (Å²) < 4.78 is 20.4. The molecule has 0 bridgehead atoms. The van der Waals surface area contributed by atoms with Gasteiger partial charge in [-0.3, -0.25) is 0 Å².